The van der Waals surface area contributed by atoms with Crippen LogP contribution in [0.4, 0.5) is 0 Å². The van der Waals surface area contributed by atoms with Gasteiger partial charge in [-0.3, -0.25) is 9.89 Å². The zero-order valence-electron chi connectivity index (χ0n) is 8.99. The minimum Gasteiger partial charge on any atom is -0.352 e. The van der Waals surface area contributed by atoms with E-state index in [1.165, 1.54) is 0 Å². The summed E-state index contributed by atoms with van der Waals surface area (Å²) >= 11 is 0. The van der Waals surface area contributed by atoms with E-state index in [2.05, 4.69) is 15.5 Å². The first-order valence-electron chi connectivity index (χ1n) is 5.16. The highest BCUT2D eigenvalue weighted by molar-refractivity contribution is 5.75. The summed E-state index contributed by atoms with van der Waals surface area (Å²) in [5, 5.41) is 9.31. The lowest BCUT2D eigenvalue weighted by molar-refractivity contribution is -0.121. The highest BCUT2D eigenvalue weighted by Crippen LogP contribution is 2.03. The van der Waals surface area contributed by atoms with E-state index >= 15 is 0 Å². The molecule has 15 heavy (non-hydrogen) atoms. The van der Waals surface area contributed by atoms with E-state index in [0.717, 1.165) is 12.0 Å². The van der Waals surface area contributed by atoms with Crippen molar-refractivity contribution in [3.05, 3.63) is 18.0 Å². The van der Waals surface area contributed by atoms with Crippen molar-refractivity contribution in [1.29, 1.82) is 0 Å². The summed E-state index contributed by atoms with van der Waals surface area (Å²) in [6.45, 7) is 3.21. The molecule has 0 aliphatic rings. The van der Waals surface area contributed by atoms with Crippen molar-refractivity contribution >= 4 is 5.91 Å². The number of aromatic nitrogens is 2. The lowest BCUT2D eigenvalue weighted by atomic mass is 10.1. The Morgan fingerprint density at radius 2 is 2.53 bits per heavy atom. The third-order valence-corrected chi connectivity index (χ3v) is 2.31. The van der Waals surface area contributed by atoms with Crippen LogP contribution in [0.5, 0.6) is 0 Å². The van der Waals surface area contributed by atoms with Gasteiger partial charge in [0.2, 0.25) is 5.91 Å². The number of amides is 1. The minimum absolute atomic E-state index is 0.0662. The third kappa shape index (κ3) is 4.60. The van der Waals surface area contributed by atoms with Crippen LogP contribution in [-0.4, -0.2) is 22.6 Å². The van der Waals surface area contributed by atoms with Crippen molar-refractivity contribution in [1.82, 2.24) is 15.5 Å². The van der Waals surface area contributed by atoms with Crippen LogP contribution in [0.2, 0.25) is 0 Å². The standard InChI is InChI=1S/C10H18N4O/c1-8(4-11)2-3-10(15)12-5-9-6-13-14-7-9/h6-8H,2-5,11H2,1H3,(H,12,15)(H,13,14). The SMILES string of the molecule is CC(CN)CCC(=O)NCc1cn[nH]c1. The number of hydrogen-bond donors (Lipinski definition) is 3. The number of nitrogens with two attached hydrogens (primary N) is 1. The first kappa shape index (κ1) is 11.7. The Kier molecular flexibility index (Phi) is 4.83. The van der Waals surface area contributed by atoms with Crippen LogP contribution < -0.4 is 11.1 Å². The molecule has 0 bridgehead atoms. The summed E-state index contributed by atoms with van der Waals surface area (Å²) in [6.07, 6.45) is 4.84. The summed E-state index contributed by atoms with van der Waals surface area (Å²) < 4.78 is 0. The molecule has 0 aliphatic heterocycles. The van der Waals surface area contributed by atoms with Crippen LogP contribution >= 0.6 is 0 Å². The molecule has 0 saturated heterocycles. The molecular weight excluding hydrogens is 192 g/mol. The van der Waals surface area contributed by atoms with Crippen molar-refractivity contribution in [3.63, 3.8) is 0 Å². The van der Waals surface area contributed by atoms with E-state index < -0.39 is 0 Å². The Morgan fingerprint density at radius 1 is 1.73 bits per heavy atom. The molecule has 1 unspecified atom stereocenters. The van der Waals surface area contributed by atoms with Gasteiger partial charge in [0.25, 0.3) is 0 Å². The average molecular weight is 210 g/mol. The first-order valence-corrected chi connectivity index (χ1v) is 5.16. The number of nitrogens with zero attached hydrogens (tertiary/aromatic N) is 1. The summed E-state index contributed by atoms with van der Waals surface area (Å²) in [5.74, 6) is 0.473. The molecule has 5 heteroatoms. The van der Waals surface area contributed by atoms with Crippen molar-refractivity contribution in [2.24, 2.45) is 11.7 Å². The second-order valence-corrected chi connectivity index (χ2v) is 3.76. The maximum atomic E-state index is 11.4. The molecule has 1 amide bonds. The monoisotopic (exact) mass is 210 g/mol. The van der Waals surface area contributed by atoms with E-state index in [1.54, 1.807) is 12.4 Å². The minimum atomic E-state index is 0.0662. The van der Waals surface area contributed by atoms with Gasteiger partial charge in [-0.05, 0) is 18.9 Å². The Hall–Kier alpha value is -1.36. The molecule has 4 N–H and O–H groups in total. The van der Waals surface area contributed by atoms with Crippen molar-refractivity contribution in [3.8, 4) is 0 Å². The second-order valence-electron chi connectivity index (χ2n) is 3.76. The highest BCUT2D eigenvalue weighted by atomic mass is 16.1. The number of H-pyrrole nitrogens is 1. The molecule has 0 spiro atoms. The highest BCUT2D eigenvalue weighted by Gasteiger charge is 2.05. The van der Waals surface area contributed by atoms with Crippen molar-refractivity contribution < 1.29 is 4.79 Å². The van der Waals surface area contributed by atoms with Gasteiger partial charge in [-0.15, -0.1) is 0 Å². The van der Waals surface area contributed by atoms with E-state index in [4.69, 9.17) is 5.73 Å². The lowest BCUT2D eigenvalue weighted by Crippen LogP contribution is -2.23. The van der Waals surface area contributed by atoms with E-state index in [0.29, 0.717) is 25.4 Å². The second kappa shape index (κ2) is 6.19. The van der Waals surface area contributed by atoms with Gasteiger partial charge in [0.1, 0.15) is 0 Å². The zero-order valence-corrected chi connectivity index (χ0v) is 8.99. The fourth-order valence-corrected chi connectivity index (χ4v) is 1.16. The molecule has 1 aromatic heterocycles. The van der Waals surface area contributed by atoms with Crippen LogP contribution in [0.25, 0.3) is 0 Å². The summed E-state index contributed by atoms with van der Waals surface area (Å²) in [7, 11) is 0. The molecule has 1 rings (SSSR count). The molecule has 0 radical (unpaired) electrons. The Morgan fingerprint density at radius 3 is 3.13 bits per heavy atom. The third-order valence-electron chi connectivity index (χ3n) is 2.31. The summed E-state index contributed by atoms with van der Waals surface area (Å²) in [4.78, 5) is 11.4. The molecule has 0 saturated carbocycles. The Labute approximate surface area is 89.4 Å². The fraction of sp³-hybridized carbons (Fsp3) is 0.600. The van der Waals surface area contributed by atoms with Crippen LogP contribution in [0, 0.1) is 5.92 Å². The van der Waals surface area contributed by atoms with Crippen LogP contribution in [0.15, 0.2) is 12.4 Å². The molecule has 0 aliphatic carbocycles. The predicted molar refractivity (Wildman–Crippen MR) is 57.9 cm³/mol. The van der Waals surface area contributed by atoms with Gasteiger partial charge in [0.15, 0.2) is 0 Å². The summed E-state index contributed by atoms with van der Waals surface area (Å²) in [6, 6.07) is 0. The van der Waals surface area contributed by atoms with E-state index in [9.17, 15) is 4.79 Å². The molecule has 0 fully saturated rings. The van der Waals surface area contributed by atoms with E-state index in [-0.39, 0.29) is 5.91 Å². The molecule has 84 valence electrons. The number of aromatic amines is 1. The Bertz CT molecular complexity index is 284. The van der Waals surface area contributed by atoms with Gasteiger partial charge < -0.3 is 11.1 Å². The van der Waals surface area contributed by atoms with Gasteiger partial charge >= 0.3 is 0 Å². The molecule has 5 nitrogen and oxygen atoms in total. The van der Waals surface area contributed by atoms with Gasteiger partial charge in [0.05, 0.1) is 6.20 Å². The topological polar surface area (TPSA) is 83.8 Å². The number of carbonyl (C=O) groups excluding carboxylic acids is 1. The predicted octanol–water partition coefficient (Wildman–Crippen LogP) is 0.401. The number of nitrogens with one attached hydrogen (secondary N) is 2. The molecule has 1 atom stereocenters. The van der Waals surface area contributed by atoms with Crippen LogP contribution in [0.3, 0.4) is 0 Å². The quantitative estimate of drug-likeness (QED) is 0.635. The molecule has 1 heterocycles. The van der Waals surface area contributed by atoms with Crippen LogP contribution in [-0.2, 0) is 11.3 Å². The molecule has 1 aromatic rings. The van der Waals surface area contributed by atoms with Gasteiger partial charge in [-0.2, -0.15) is 5.10 Å². The lowest BCUT2D eigenvalue weighted by Gasteiger charge is -2.07. The normalized spacial score (nSPS) is 12.4. The van der Waals surface area contributed by atoms with Gasteiger partial charge in [0, 0.05) is 24.7 Å². The number of carbonyl (C=O) groups is 1. The largest absolute Gasteiger partial charge is 0.352 e. The Balaban J connectivity index is 2.14. The smallest absolute Gasteiger partial charge is 0.220 e. The maximum absolute atomic E-state index is 11.4. The molecular formula is C10H18N4O. The molecule has 0 aromatic carbocycles. The van der Waals surface area contributed by atoms with Crippen LogP contribution in [0.1, 0.15) is 25.3 Å². The van der Waals surface area contributed by atoms with Crippen molar-refractivity contribution in [2.75, 3.05) is 6.54 Å². The van der Waals surface area contributed by atoms with E-state index in [1.807, 2.05) is 6.92 Å². The van der Waals surface area contributed by atoms with Gasteiger partial charge in [-0.1, -0.05) is 6.92 Å². The maximum Gasteiger partial charge on any atom is 0.220 e. The number of rotatable bonds is 6. The number of hydrogen-bond acceptors (Lipinski definition) is 3. The fourth-order valence-electron chi connectivity index (χ4n) is 1.16. The summed E-state index contributed by atoms with van der Waals surface area (Å²) in [5.41, 5.74) is 6.45. The van der Waals surface area contributed by atoms with Crippen molar-refractivity contribution in [2.45, 2.75) is 26.3 Å². The first-order chi connectivity index (χ1) is 7.22. The average Bonchev–Trinajstić information content (AvgIpc) is 2.75. The van der Waals surface area contributed by atoms with Gasteiger partial charge in [-0.25, -0.2) is 0 Å². The zero-order chi connectivity index (χ0) is 11.1.